The molecule has 0 spiro atoms. The highest BCUT2D eigenvalue weighted by atomic mass is 19.4. The van der Waals surface area contributed by atoms with Crippen LogP contribution in [0, 0.1) is 0 Å². The minimum Gasteiger partial charge on any atom is -0.481 e. The molecule has 6 nitrogen and oxygen atoms in total. The number of aliphatic carboxylic acids is 1. The lowest BCUT2D eigenvalue weighted by molar-refractivity contribution is -0.138. The highest BCUT2D eigenvalue weighted by Crippen LogP contribution is 2.33. The molecule has 1 aromatic heterocycles. The molecule has 0 aliphatic carbocycles. The Kier molecular flexibility index (Phi) is 7.82. The van der Waals surface area contributed by atoms with Gasteiger partial charge in [0.2, 0.25) is 0 Å². The fourth-order valence-corrected chi connectivity index (χ4v) is 5.14. The molecular formula is C31H28F3N3O3. The lowest BCUT2D eigenvalue weighted by Gasteiger charge is -2.17. The maximum atomic E-state index is 13.4. The Hall–Kier alpha value is -4.27. The van der Waals surface area contributed by atoms with Crippen LogP contribution in [0.4, 0.5) is 13.2 Å². The van der Waals surface area contributed by atoms with E-state index in [0.717, 1.165) is 18.6 Å². The first-order valence-electron chi connectivity index (χ1n) is 13.2. The fourth-order valence-electron chi connectivity index (χ4n) is 5.14. The molecule has 2 heterocycles. The molecule has 0 unspecified atom stereocenters. The smallest absolute Gasteiger partial charge is 0.416 e. The molecular weight excluding hydrogens is 519 g/mol. The van der Waals surface area contributed by atoms with Crippen molar-refractivity contribution < 1.29 is 27.9 Å². The van der Waals surface area contributed by atoms with Crippen molar-refractivity contribution >= 4 is 22.9 Å². The zero-order valence-electron chi connectivity index (χ0n) is 21.7. The number of carboxylic acids is 1. The second-order valence-electron chi connectivity index (χ2n) is 10.0. The molecule has 0 saturated carbocycles. The van der Waals surface area contributed by atoms with Gasteiger partial charge in [0.15, 0.2) is 0 Å². The van der Waals surface area contributed by atoms with Gasteiger partial charge in [0.25, 0.3) is 5.91 Å². The molecule has 1 atom stereocenters. The number of aromatic nitrogens is 2. The molecule has 206 valence electrons. The average Bonchev–Trinajstić information content (AvgIpc) is 3.45. The van der Waals surface area contributed by atoms with Gasteiger partial charge in [-0.2, -0.15) is 13.2 Å². The number of fused-ring (bicyclic) bond motifs is 1. The summed E-state index contributed by atoms with van der Waals surface area (Å²) in [6.07, 6.45) is -2.21. The van der Waals surface area contributed by atoms with Gasteiger partial charge < -0.3 is 10.0 Å². The molecule has 0 radical (unpaired) electrons. The van der Waals surface area contributed by atoms with Crippen molar-refractivity contribution in [3.05, 3.63) is 95.2 Å². The monoisotopic (exact) mass is 547 g/mol. The second-order valence-corrected chi connectivity index (χ2v) is 10.0. The van der Waals surface area contributed by atoms with Crippen LogP contribution in [0.2, 0.25) is 0 Å². The minimum atomic E-state index is -4.45. The molecule has 3 aromatic carbocycles. The normalized spacial score (nSPS) is 15.5. The van der Waals surface area contributed by atoms with E-state index in [4.69, 9.17) is 15.1 Å². The fraction of sp³-hybridized carbons (Fsp3) is 0.290. The van der Waals surface area contributed by atoms with Crippen LogP contribution in [-0.4, -0.2) is 44.9 Å². The number of unbranched alkanes of at least 4 members (excludes halogenated alkanes) is 1. The Morgan fingerprint density at radius 2 is 1.68 bits per heavy atom. The van der Waals surface area contributed by atoms with E-state index in [9.17, 15) is 22.8 Å². The van der Waals surface area contributed by atoms with E-state index in [0.29, 0.717) is 65.9 Å². The summed E-state index contributed by atoms with van der Waals surface area (Å²) in [5, 5.41) is 8.97. The van der Waals surface area contributed by atoms with Crippen molar-refractivity contribution in [2.75, 3.05) is 13.1 Å². The number of nitrogens with zero attached hydrogens (tertiary/aromatic N) is 3. The number of carbonyl (C=O) groups is 2. The average molecular weight is 548 g/mol. The van der Waals surface area contributed by atoms with Crippen LogP contribution in [0.25, 0.3) is 22.3 Å². The minimum absolute atomic E-state index is 0.00901. The third-order valence-corrected chi connectivity index (χ3v) is 7.27. The summed E-state index contributed by atoms with van der Waals surface area (Å²) < 4.78 is 39.3. The zero-order chi connectivity index (χ0) is 28.3. The number of halogens is 3. The first kappa shape index (κ1) is 27.3. The Morgan fingerprint density at radius 3 is 2.38 bits per heavy atom. The Balaban J connectivity index is 1.43. The third kappa shape index (κ3) is 6.14. The predicted octanol–water partition coefficient (Wildman–Crippen LogP) is 6.74. The topological polar surface area (TPSA) is 83.4 Å². The Morgan fingerprint density at radius 1 is 0.925 bits per heavy atom. The number of rotatable bonds is 8. The predicted molar refractivity (Wildman–Crippen MR) is 145 cm³/mol. The lowest BCUT2D eigenvalue weighted by Crippen LogP contribution is -2.28. The highest BCUT2D eigenvalue weighted by Gasteiger charge is 2.30. The van der Waals surface area contributed by atoms with E-state index >= 15 is 0 Å². The number of hydrogen-bond donors (Lipinski definition) is 1. The van der Waals surface area contributed by atoms with Crippen LogP contribution < -0.4 is 0 Å². The Labute approximate surface area is 229 Å². The van der Waals surface area contributed by atoms with Gasteiger partial charge in [0.05, 0.1) is 28.0 Å². The van der Waals surface area contributed by atoms with Gasteiger partial charge in [0.1, 0.15) is 0 Å². The number of aryl methyl sites for hydroxylation is 1. The van der Waals surface area contributed by atoms with Crippen LogP contribution in [0.3, 0.4) is 0 Å². The number of benzene rings is 3. The lowest BCUT2D eigenvalue weighted by atomic mass is 9.99. The molecule has 1 fully saturated rings. The standard InChI is InChI=1S/C31H28F3N3O3/c32-31(33,34)24-13-10-21(11-14-24)29-26(8-4-5-9-28(38)39)35-27-18-22(12-15-25(27)36-29)30(40)37-17-16-23(19-37)20-6-2-1-3-7-20/h1-3,6-7,10-15,18,23H,4-5,8-9,16-17,19H2,(H,38,39)/t23-/m1/s1. The van der Waals surface area contributed by atoms with Crippen molar-refractivity contribution in [1.82, 2.24) is 14.9 Å². The van der Waals surface area contributed by atoms with Gasteiger partial charge in [-0.3, -0.25) is 9.59 Å². The molecule has 1 amide bonds. The number of likely N-dealkylation sites (tertiary alicyclic amines) is 1. The molecule has 1 saturated heterocycles. The number of carboxylic acid groups (broad SMARTS) is 1. The van der Waals surface area contributed by atoms with E-state index in [1.165, 1.54) is 17.7 Å². The van der Waals surface area contributed by atoms with E-state index in [1.54, 1.807) is 18.2 Å². The van der Waals surface area contributed by atoms with E-state index in [2.05, 4.69) is 12.1 Å². The van der Waals surface area contributed by atoms with Crippen molar-refractivity contribution in [2.45, 2.75) is 44.2 Å². The van der Waals surface area contributed by atoms with Crippen LogP contribution in [0.1, 0.15) is 58.8 Å². The van der Waals surface area contributed by atoms with Crippen LogP contribution in [0.15, 0.2) is 72.8 Å². The summed E-state index contributed by atoms with van der Waals surface area (Å²) in [5.74, 6) is -0.696. The van der Waals surface area contributed by atoms with Crippen molar-refractivity contribution in [3.8, 4) is 11.3 Å². The summed E-state index contributed by atoms with van der Waals surface area (Å²) >= 11 is 0. The first-order valence-corrected chi connectivity index (χ1v) is 13.2. The number of carbonyl (C=O) groups excluding carboxylic acids is 1. The maximum Gasteiger partial charge on any atom is 0.416 e. The molecule has 1 N–H and O–H groups in total. The first-order chi connectivity index (χ1) is 19.2. The largest absolute Gasteiger partial charge is 0.481 e. The van der Waals surface area contributed by atoms with Crippen LogP contribution in [-0.2, 0) is 17.4 Å². The molecule has 1 aliphatic rings. The van der Waals surface area contributed by atoms with E-state index < -0.39 is 17.7 Å². The highest BCUT2D eigenvalue weighted by molar-refractivity contribution is 5.97. The van der Waals surface area contributed by atoms with Crippen LogP contribution >= 0.6 is 0 Å². The van der Waals surface area contributed by atoms with Crippen molar-refractivity contribution in [3.63, 3.8) is 0 Å². The zero-order valence-corrected chi connectivity index (χ0v) is 21.7. The summed E-state index contributed by atoms with van der Waals surface area (Å²) in [4.78, 5) is 35.6. The quantitative estimate of drug-likeness (QED) is 0.247. The van der Waals surface area contributed by atoms with E-state index in [1.807, 2.05) is 23.1 Å². The summed E-state index contributed by atoms with van der Waals surface area (Å²) in [6.45, 7) is 1.29. The summed E-state index contributed by atoms with van der Waals surface area (Å²) in [6, 6.07) is 20.0. The molecule has 5 rings (SSSR count). The second kappa shape index (κ2) is 11.5. The molecule has 40 heavy (non-hydrogen) atoms. The SMILES string of the molecule is O=C(O)CCCCc1nc2cc(C(=O)N3CC[C@@H](c4ccccc4)C3)ccc2nc1-c1ccc(C(F)(F)F)cc1. The number of hydrogen-bond acceptors (Lipinski definition) is 4. The van der Waals surface area contributed by atoms with E-state index in [-0.39, 0.29) is 18.2 Å². The van der Waals surface area contributed by atoms with Crippen molar-refractivity contribution in [1.29, 1.82) is 0 Å². The van der Waals surface area contributed by atoms with Gasteiger partial charge in [-0.05, 0) is 61.6 Å². The maximum absolute atomic E-state index is 13.4. The van der Waals surface area contributed by atoms with Crippen molar-refractivity contribution in [2.24, 2.45) is 0 Å². The van der Waals surface area contributed by atoms with Crippen LogP contribution in [0.5, 0.6) is 0 Å². The molecule has 4 aromatic rings. The number of amides is 1. The van der Waals surface area contributed by atoms with Gasteiger partial charge in [-0.1, -0.05) is 42.5 Å². The van der Waals surface area contributed by atoms with Gasteiger partial charge in [-0.15, -0.1) is 0 Å². The molecule has 9 heteroatoms. The van der Waals surface area contributed by atoms with Gasteiger partial charge in [0, 0.05) is 36.6 Å². The van der Waals surface area contributed by atoms with Gasteiger partial charge >= 0.3 is 12.1 Å². The molecule has 0 bridgehead atoms. The summed E-state index contributed by atoms with van der Waals surface area (Å²) in [7, 11) is 0. The van der Waals surface area contributed by atoms with Gasteiger partial charge in [-0.25, -0.2) is 9.97 Å². The Bertz CT molecular complexity index is 1520. The summed E-state index contributed by atoms with van der Waals surface area (Å²) in [5.41, 5.74) is 3.46. The molecule has 1 aliphatic heterocycles. The number of alkyl halides is 3. The third-order valence-electron chi connectivity index (χ3n) is 7.27.